The monoisotopic (exact) mass is 291 g/mol. The SMILES string of the molecule is CCC(NC(=O)c1cn(C2CNC2)nn1)C1CCCCC1. The number of hydrogen-bond donors (Lipinski definition) is 2. The van der Waals surface area contributed by atoms with E-state index in [2.05, 4.69) is 27.9 Å². The molecule has 1 aromatic rings. The van der Waals surface area contributed by atoms with Crippen LogP contribution in [0.4, 0.5) is 0 Å². The summed E-state index contributed by atoms with van der Waals surface area (Å²) in [7, 11) is 0. The average Bonchev–Trinajstić information content (AvgIpc) is 2.93. The molecule has 1 aromatic heterocycles. The zero-order valence-corrected chi connectivity index (χ0v) is 12.7. The second-order valence-corrected chi connectivity index (χ2v) is 6.28. The fourth-order valence-electron chi connectivity index (χ4n) is 3.35. The first-order valence-electron chi connectivity index (χ1n) is 8.21. The molecule has 0 bridgehead atoms. The molecule has 2 heterocycles. The maximum Gasteiger partial charge on any atom is 0.273 e. The highest BCUT2D eigenvalue weighted by atomic mass is 16.2. The Morgan fingerprint density at radius 3 is 2.81 bits per heavy atom. The highest BCUT2D eigenvalue weighted by molar-refractivity contribution is 5.92. The molecule has 2 fully saturated rings. The van der Waals surface area contributed by atoms with Gasteiger partial charge in [0, 0.05) is 19.1 Å². The van der Waals surface area contributed by atoms with Gasteiger partial charge in [0.15, 0.2) is 5.69 Å². The van der Waals surface area contributed by atoms with Crippen molar-refractivity contribution in [3.05, 3.63) is 11.9 Å². The van der Waals surface area contributed by atoms with Gasteiger partial charge in [-0.15, -0.1) is 5.10 Å². The molecule has 116 valence electrons. The van der Waals surface area contributed by atoms with Crippen molar-refractivity contribution in [1.82, 2.24) is 25.6 Å². The van der Waals surface area contributed by atoms with Crippen molar-refractivity contribution in [2.75, 3.05) is 13.1 Å². The van der Waals surface area contributed by atoms with Crippen LogP contribution < -0.4 is 10.6 Å². The summed E-state index contributed by atoms with van der Waals surface area (Å²) >= 11 is 0. The number of carbonyl (C=O) groups excluding carboxylic acids is 1. The van der Waals surface area contributed by atoms with E-state index in [9.17, 15) is 4.79 Å². The Hall–Kier alpha value is -1.43. The van der Waals surface area contributed by atoms with Gasteiger partial charge in [-0.25, -0.2) is 4.68 Å². The number of nitrogens with one attached hydrogen (secondary N) is 2. The summed E-state index contributed by atoms with van der Waals surface area (Å²) in [6, 6.07) is 0.618. The molecule has 1 saturated heterocycles. The Labute approximate surface area is 125 Å². The lowest BCUT2D eigenvalue weighted by atomic mass is 9.83. The summed E-state index contributed by atoms with van der Waals surface area (Å²) in [4.78, 5) is 12.4. The minimum atomic E-state index is -0.0778. The van der Waals surface area contributed by atoms with E-state index in [1.54, 1.807) is 10.9 Å². The summed E-state index contributed by atoms with van der Waals surface area (Å²) in [6.45, 7) is 3.96. The van der Waals surface area contributed by atoms with Crippen LogP contribution in [0.5, 0.6) is 0 Å². The smallest absolute Gasteiger partial charge is 0.273 e. The Balaban J connectivity index is 1.59. The molecule has 1 unspecified atom stereocenters. The molecule has 21 heavy (non-hydrogen) atoms. The van der Waals surface area contributed by atoms with Gasteiger partial charge in [0.05, 0.1) is 12.2 Å². The number of aromatic nitrogens is 3. The first-order valence-corrected chi connectivity index (χ1v) is 8.21. The van der Waals surface area contributed by atoms with Crippen molar-refractivity contribution < 1.29 is 4.79 Å². The van der Waals surface area contributed by atoms with E-state index in [1.807, 2.05) is 0 Å². The van der Waals surface area contributed by atoms with Crippen molar-refractivity contribution in [3.8, 4) is 0 Å². The second-order valence-electron chi connectivity index (χ2n) is 6.28. The number of carbonyl (C=O) groups is 1. The second kappa shape index (κ2) is 6.56. The summed E-state index contributed by atoms with van der Waals surface area (Å²) in [5, 5.41) is 14.5. The quantitative estimate of drug-likeness (QED) is 0.862. The van der Waals surface area contributed by atoms with Crippen molar-refractivity contribution in [2.24, 2.45) is 5.92 Å². The molecule has 1 aliphatic heterocycles. The van der Waals surface area contributed by atoms with Crippen LogP contribution in [0.2, 0.25) is 0 Å². The van der Waals surface area contributed by atoms with Gasteiger partial charge in [0.2, 0.25) is 0 Å². The van der Waals surface area contributed by atoms with Crippen molar-refractivity contribution in [3.63, 3.8) is 0 Å². The molecule has 6 heteroatoms. The minimum Gasteiger partial charge on any atom is -0.348 e. The molecule has 1 atom stereocenters. The zero-order chi connectivity index (χ0) is 14.7. The molecule has 0 radical (unpaired) electrons. The third kappa shape index (κ3) is 3.26. The molecule has 3 rings (SSSR count). The summed E-state index contributed by atoms with van der Waals surface area (Å²) < 4.78 is 1.80. The predicted molar refractivity (Wildman–Crippen MR) is 80.0 cm³/mol. The lowest BCUT2D eigenvalue weighted by Crippen LogP contribution is -2.43. The highest BCUT2D eigenvalue weighted by Crippen LogP contribution is 2.27. The van der Waals surface area contributed by atoms with E-state index < -0.39 is 0 Å². The fourth-order valence-corrected chi connectivity index (χ4v) is 3.35. The van der Waals surface area contributed by atoms with Gasteiger partial charge < -0.3 is 10.6 Å². The first-order chi connectivity index (χ1) is 10.3. The van der Waals surface area contributed by atoms with Gasteiger partial charge in [-0.1, -0.05) is 31.4 Å². The van der Waals surface area contributed by atoms with E-state index in [0.717, 1.165) is 19.5 Å². The van der Waals surface area contributed by atoms with E-state index in [1.165, 1.54) is 32.1 Å². The third-order valence-electron chi connectivity index (χ3n) is 4.85. The van der Waals surface area contributed by atoms with Gasteiger partial charge in [-0.3, -0.25) is 4.79 Å². The van der Waals surface area contributed by atoms with Crippen molar-refractivity contribution >= 4 is 5.91 Å². The van der Waals surface area contributed by atoms with E-state index in [4.69, 9.17) is 0 Å². The van der Waals surface area contributed by atoms with Crippen LogP contribution in [0.3, 0.4) is 0 Å². The molecule has 6 nitrogen and oxygen atoms in total. The first kappa shape index (κ1) is 14.5. The fraction of sp³-hybridized carbons (Fsp3) is 0.800. The van der Waals surface area contributed by atoms with Crippen LogP contribution in [0, 0.1) is 5.92 Å². The van der Waals surface area contributed by atoms with Crippen LogP contribution in [-0.2, 0) is 0 Å². The van der Waals surface area contributed by atoms with Crippen molar-refractivity contribution in [2.45, 2.75) is 57.5 Å². The number of amides is 1. The zero-order valence-electron chi connectivity index (χ0n) is 12.7. The average molecular weight is 291 g/mol. The Kier molecular flexibility index (Phi) is 4.53. The molecule has 1 saturated carbocycles. The van der Waals surface area contributed by atoms with Gasteiger partial charge >= 0.3 is 0 Å². The van der Waals surface area contributed by atoms with Gasteiger partial charge in [0.25, 0.3) is 5.91 Å². The summed E-state index contributed by atoms with van der Waals surface area (Å²) in [5.41, 5.74) is 0.441. The van der Waals surface area contributed by atoms with E-state index in [-0.39, 0.29) is 11.9 Å². The highest BCUT2D eigenvalue weighted by Gasteiger charge is 2.26. The van der Waals surface area contributed by atoms with E-state index in [0.29, 0.717) is 17.7 Å². The van der Waals surface area contributed by atoms with E-state index >= 15 is 0 Å². The topological polar surface area (TPSA) is 71.8 Å². The number of nitrogens with zero attached hydrogens (tertiary/aromatic N) is 3. The van der Waals surface area contributed by atoms with Gasteiger partial charge in [-0.2, -0.15) is 0 Å². The maximum absolute atomic E-state index is 12.4. The van der Waals surface area contributed by atoms with Gasteiger partial charge in [-0.05, 0) is 25.2 Å². The molecule has 1 amide bonds. The summed E-state index contributed by atoms with van der Waals surface area (Å²) in [5.74, 6) is 0.546. The normalized spacial score (nSPS) is 21.8. The largest absolute Gasteiger partial charge is 0.348 e. The maximum atomic E-state index is 12.4. The molecule has 0 aromatic carbocycles. The number of rotatable bonds is 5. The molecule has 0 spiro atoms. The van der Waals surface area contributed by atoms with Crippen LogP contribution in [0.25, 0.3) is 0 Å². The lowest BCUT2D eigenvalue weighted by Gasteiger charge is -2.30. The molecule has 2 N–H and O–H groups in total. The third-order valence-corrected chi connectivity index (χ3v) is 4.85. The lowest BCUT2D eigenvalue weighted by molar-refractivity contribution is 0.0906. The van der Waals surface area contributed by atoms with Crippen molar-refractivity contribution in [1.29, 1.82) is 0 Å². The van der Waals surface area contributed by atoms with Crippen LogP contribution in [0.1, 0.15) is 62.0 Å². The molecular weight excluding hydrogens is 266 g/mol. The standard InChI is InChI=1S/C15H25N5O/c1-2-13(11-6-4-3-5-7-11)17-15(21)14-10-20(19-18-14)12-8-16-9-12/h10-13,16H,2-9H2,1H3,(H,17,21). The molecule has 1 aliphatic carbocycles. The Morgan fingerprint density at radius 2 is 2.19 bits per heavy atom. The Bertz CT molecular complexity index is 476. The summed E-state index contributed by atoms with van der Waals surface area (Å²) in [6.07, 6.45) is 9.15. The van der Waals surface area contributed by atoms with Crippen LogP contribution in [0.15, 0.2) is 6.20 Å². The molecular formula is C15H25N5O. The predicted octanol–water partition coefficient (Wildman–Crippen LogP) is 1.51. The Morgan fingerprint density at radius 1 is 1.43 bits per heavy atom. The van der Waals surface area contributed by atoms with Gasteiger partial charge in [0.1, 0.15) is 0 Å². The minimum absolute atomic E-state index is 0.0778. The van der Waals surface area contributed by atoms with Crippen LogP contribution in [-0.4, -0.2) is 40.0 Å². The molecule has 2 aliphatic rings. The van der Waals surface area contributed by atoms with Crippen LogP contribution >= 0.6 is 0 Å². The number of hydrogen-bond acceptors (Lipinski definition) is 4.